The van der Waals surface area contributed by atoms with Gasteiger partial charge in [-0.25, -0.2) is 0 Å². The third-order valence-corrected chi connectivity index (χ3v) is 6.34. The molecule has 0 fully saturated rings. The lowest BCUT2D eigenvalue weighted by molar-refractivity contribution is 0.310. The molecule has 29 heavy (non-hydrogen) atoms. The van der Waals surface area contributed by atoms with Crippen molar-refractivity contribution >= 4 is 23.5 Å². The lowest BCUT2D eigenvalue weighted by Crippen LogP contribution is -2.03. The molecule has 0 atom stereocenters. The first kappa shape index (κ1) is 21.5. The summed E-state index contributed by atoms with van der Waals surface area (Å²) < 4.78 is 7.96. The van der Waals surface area contributed by atoms with Crippen LogP contribution in [0.2, 0.25) is 0 Å². The third-order valence-electron chi connectivity index (χ3n) is 4.28. The molecule has 152 valence electrons. The SMILES string of the molecule is C=CCn1c(CSc2ccccc2)nnc1SCCCCOc1ccc(C)cc1. The van der Waals surface area contributed by atoms with Crippen LogP contribution in [0.5, 0.6) is 5.75 Å². The first-order valence-corrected chi connectivity index (χ1v) is 11.8. The van der Waals surface area contributed by atoms with Crippen molar-refractivity contribution in [3.63, 3.8) is 0 Å². The molecule has 0 aliphatic rings. The number of nitrogens with zero attached hydrogens (tertiary/aromatic N) is 3. The van der Waals surface area contributed by atoms with E-state index in [1.54, 1.807) is 23.5 Å². The molecule has 4 nitrogen and oxygen atoms in total. The van der Waals surface area contributed by atoms with Gasteiger partial charge in [0.25, 0.3) is 0 Å². The molecule has 1 aromatic heterocycles. The van der Waals surface area contributed by atoms with Crippen LogP contribution in [0.3, 0.4) is 0 Å². The largest absolute Gasteiger partial charge is 0.494 e. The first-order valence-electron chi connectivity index (χ1n) is 9.79. The highest BCUT2D eigenvalue weighted by Crippen LogP contribution is 2.25. The van der Waals surface area contributed by atoms with E-state index >= 15 is 0 Å². The molecule has 6 heteroatoms. The van der Waals surface area contributed by atoms with Gasteiger partial charge in [-0.1, -0.05) is 53.7 Å². The second-order valence-corrected chi connectivity index (χ2v) is 8.73. The quantitative estimate of drug-likeness (QED) is 0.202. The maximum absolute atomic E-state index is 5.80. The summed E-state index contributed by atoms with van der Waals surface area (Å²) in [5, 5.41) is 9.78. The number of hydrogen-bond acceptors (Lipinski definition) is 5. The normalized spacial score (nSPS) is 10.8. The zero-order chi connectivity index (χ0) is 20.3. The van der Waals surface area contributed by atoms with Crippen LogP contribution >= 0.6 is 23.5 Å². The maximum Gasteiger partial charge on any atom is 0.191 e. The van der Waals surface area contributed by atoms with Gasteiger partial charge in [-0.2, -0.15) is 0 Å². The van der Waals surface area contributed by atoms with Crippen molar-refractivity contribution in [2.45, 2.75) is 42.1 Å². The van der Waals surface area contributed by atoms with Crippen LogP contribution in [0.1, 0.15) is 24.2 Å². The van der Waals surface area contributed by atoms with E-state index in [4.69, 9.17) is 4.74 Å². The molecule has 0 spiro atoms. The molecule has 1 heterocycles. The molecule has 3 rings (SSSR count). The van der Waals surface area contributed by atoms with Crippen molar-refractivity contribution in [1.29, 1.82) is 0 Å². The number of thioether (sulfide) groups is 2. The minimum Gasteiger partial charge on any atom is -0.494 e. The van der Waals surface area contributed by atoms with Crippen LogP contribution in [0.15, 0.2) is 77.3 Å². The van der Waals surface area contributed by atoms with Crippen LogP contribution in [0.25, 0.3) is 0 Å². The Labute approximate surface area is 181 Å². The number of unbranched alkanes of at least 4 members (excludes halogenated alkanes) is 1. The highest BCUT2D eigenvalue weighted by molar-refractivity contribution is 7.99. The van der Waals surface area contributed by atoms with Gasteiger partial charge >= 0.3 is 0 Å². The summed E-state index contributed by atoms with van der Waals surface area (Å²) >= 11 is 3.53. The topological polar surface area (TPSA) is 39.9 Å². The average Bonchev–Trinajstić information content (AvgIpc) is 3.13. The van der Waals surface area contributed by atoms with Gasteiger partial charge in [0.2, 0.25) is 0 Å². The summed E-state index contributed by atoms with van der Waals surface area (Å²) in [5.74, 6) is 3.73. The fraction of sp³-hybridized carbons (Fsp3) is 0.304. The zero-order valence-corrected chi connectivity index (χ0v) is 18.4. The van der Waals surface area contributed by atoms with Crippen molar-refractivity contribution < 1.29 is 4.74 Å². The summed E-state index contributed by atoms with van der Waals surface area (Å²) in [6.07, 6.45) is 4.00. The number of allylic oxidation sites excluding steroid dienone is 1. The van der Waals surface area contributed by atoms with Gasteiger partial charge in [-0.3, -0.25) is 0 Å². The van der Waals surface area contributed by atoms with Crippen LogP contribution in [-0.2, 0) is 12.3 Å². The van der Waals surface area contributed by atoms with Crippen LogP contribution in [-0.4, -0.2) is 27.1 Å². The van der Waals surface area contributed by atoms with Gasteiger partial charge in [0, 0.05) is 17.2 Å². The van der Waals surface area contributed by atoms with Gasteiger partial charge < -0.3 is 9.30 Å². The minimum absolute atomic E-state index is 0.733. The molecule has 0 amide bonds. The Morgan fingerprint density at radius 3 is 2.55 bits per heavy atom. The summed E-state index contributed by atoms with van der Waals surface area (Å²) in [6, 6.07) is 18.6. The van der Waals surface area contributed by atoms with Crippen LogP contribution in [0, 0.1) is 6.92 Å². The number of hydrogen-bond donors (Lipinski definition) is 0. The average molecular weight is 426 g/mol. The predicted molar refractivity (Wildman–Crippen MR) is 123 cm³/mol. The second-order valence-electron chi connectivity index (χ2n) is 6.62. The fourth-order valence-electron chi connectivity index (χ4n) is 2.70. The highest BCUT2D eigenvalue weighted by Gasteiger charge is 2.12. The van der Waals surface area contributed by atoms with Crippen LogP contribution < -0.4 is 4.74 Å². The monoisotopic (exact) mass is 425 g/mol. The van der Waals surface area contributed by atoms with Gasteiger partial charge in [-0.05, 0) is 44.0 Å². The lowest BCUT2D eigenvalue weighted by Gasteiger charge is -2.08. The van der Waals surface area contributed by atoms with Crippen molar-refractivity contribution in [2.75, 3.05) is 12.4 Å². The van der Waals surface area contributed by atoms with E-state index in [9.17, 15) is 0 Å². The molecule has 0 bridgehead atoms. The summed E-state index contributed by atoms with van der Waals surface area (Å²) in [5.41, 5.74) is 1.25. The lowest BCUT2D eigenvalue weighted by atomic mass is 10.2. The Morgan fingerprint density at radius 1 is 1.00 bits per heavy atom. The van der Waals surface area contributed by atoms with Gasteiger partial charge in [0.05, 0.1) is 12.4 Å². The maximum atomic E-state index is 5.80. The van der Waals surface area contributed by atoms with Gasteiger partial charge in [0.1, 0.15) is 11.6 Å². The van der Waals surface area contributed by atoms with Crippen molar-refractivity contribution in [3.05, 3.63) is 78.6 Å². The Kier molecular flexibility index (Phi) is 8.71. The standard InChI is InChI=1S/C23H27N3OS2/c1-3-15-26-22(18-29-21-9-5-4-6-10-21)24-25-23(26)28-17-8-7-16-27-20-13-11-19(2)12-14-20/h3-6,9-14H,1,7-8,15-18H2,2H3. The molecule has 0 N–H and O–H groups in total. The molecular weight excluding hydrogens is 398 g/mol. The molecule has 0 saturated carbocycles. The van der Waals surface area contributed by atoms with Gasteiger partial charge in [0.15, 0.2) is 5.16 Å². The number of ether oxygens (including phenoxy) is 1. The Bertz CT molecular complexity index is 879. The zero-order valence-electron chi connectivity index (χ0n) is 16.8. The van der Waals surface area contributed by atoms with E-state index in [0.717, 1.165) is 54.2 Å². The predicted octanol–water partition coefficient (Wildman–Crippen LogP) is 6.02. The van der Waals surface area contributed by atoms with Crippen LogP contribution in [0.4, 0.5) is 0 Å². The van der Waals surface area contributed by atoms with E-state index in [1.807, 2.05) is 24.3 Å². The summed E-state index contributed by atoms with van der Waals surface area (Å²) in [7, 11) is 0. The molecule has 3 aromatic rings. The van der Waals surface area contributed by atoms with Crippen molar-refractivity contribution in [1.82, 2.24) is 14.8 Å². The van der Waals surface area contributed by atoms with E-state index in [1.165, 1.54) is 10.5 Å². The molecular formula is C23H27N3OS2. The molecule has 0 aliphatic carbocycles. The van der Waals surface area contributed by atoms with E-state index in [2.05, 4.69) is 64.7 Å². The molecule has 0 saturated heterocycles. The van der Waals surface area contributed by atoms with E-state index < -0.39 is 0 Å². The summed E-state index contributed by atoms with van der Waals surface area (Å²) in [6.45, 7) is 7.43. The Balaban J connectivity index is 1.43. The minimum atomic E-state index is 0.733. The summed E-state index contributed by atoms with van der Waals surface area (Å²) in [4.78, 5) is 1.24. The Morgan fingerprint density at radius 2 is 1.79 bits per heavy atom. The van der Waals surface area contributed by atoms with Gasteiger partial charge in [-0.15, -0.1) is 28.5 Å². The van der Waals surface area contributed by atoms with Crippen molar-refractivity contribution in [2.24, 2.45) is 0 Å². The first-order chi connectivity index (χ1) is 14.3. The van der Waals surface area contributed by atoms with E-state index in [-0.39, 0.29) is 0 Å². The second kappa shape index (κ2) is 11.7. The van der Waals surface area contributed by atoms with Crippen molar-refractivity contribution in [3.8, 4) is 5.75 Å². The number of benzene rings is 2. The van der Waals surface area contributed by atoms with E-state index in [0.29, 0.717) is 0 Å². The highest BCUT2D eigenvalue weighted by atomic mass is 32.2. The molecule has 0 radical (unpaired) electrons. The molecule has 0 unspecified atom stereocenters. The smallest absolute Gasteiger partial charge is 0.191 e. The molecule has 0 aliphatic heterocycles. The Hall–Kier alpha value is -2.18. The molecule has 2 aromatic carbocycles. The number of aromatic nitrogens is 3. The third kappa shape index (κ3) is 6.98. The fourth-order valence-corrected chi connectivity index (χ4v) is 4.53. The number of rotatable bonds is 12. The number of aryl methyl sites for hydroxylation is 1.